The number of hydrazone groups is 1. The van der Waals surface area contributed by atoms with Crippen molar-refractivity contribution in [1.82, 2.24) is 5.43 Å². The van der Waals surface area contributed by atoms with E-state index in [1.807, 2.05) is 36.4 Å². The van der Waals surface area contributed by atoms with Gasteiger partial charge in [0.25, 0.3) is 0 Å². The molecular formula is C15H14N2O2. The van der Waals surface area contributed by atoms with Crippen LogP contribution in [0.15, 0.2) is 35.4 Å². The predicted octanol–water partition coefficient (Wildman–Crippen LogP) is 1.98. The Kier molecular flexibility index (Phi) is 4.35. The van der Waals surface area contributed by atoms with E-state index in [9.17, 15) is 4.79 Å². The van der Waals surface area contributed by atoms with E-state index in [0.717, 1.165) is 17.0 Å². The van der Waals surface area contributed by atoms with Crippen molar-refractivity contribution in [3.63, 3.8) is 0 Å². The van der Waals surface area contributed by atoms with Crippen molar-refractivity contribution in [2.45, 2.75) is 12.8 Å². The SMILES string of the molecule is C#CCOc1cccc(C=CC2=NNC(=O)CC2)c1. The molecule has 0 saturated heterocycles. The summed E-state index contributed by atoms with van der Waals surface area (Å²) in [6.45, 7) is 0.256. The van der Waals surface area contributed by atoms with Crippen molar-refractivity contribution >= 4 is 17.7 Å². The van der Waals surface area contributed by atoms with E-state index >= 15 is 0 Å². The number of allylic oxidation sites excluding steroid dienone is 1. The second-order valence-electron chi connectivity index (χ2n) is 4.04. The summed E-state index contributed by atoms with van der Waals surface area (Å²) in [6.07, 6.45) is 10.1. The number of nitrogens with zero attached hydrogens (tertiary/aromatic N) is 1. The van der Waals surface area contributed by atoms with E-state index in [1.165, 1.54) is 0 Å². The van der Waals surface area contributed by atoms with Gasteiger partial charge in [-0.2, -0.15) is 5.10 Å². The molecule has 4 heteroatoms. The number of ether oxygens (including phenoxy) is 1. The number of carbonyl (C=O) groups is 1. The van der Waals surface area contributed by atoms with E-state index in [0.29, 0.717) is 12.8 Å². The van der Waals surface area contributed by atoms with Gasteiger partial charge in [0.1, 0.15) is 12.4 Å². The van der Waals surface area contributed by atoms with E-state index in [1.54, 1.807) is 0 Å². The van der Waals surface area contributed by atoms with Crippen LogP contribution in [0.2, 0.25) is 0 Å². The van der Waals surface area contributed by atoms with Gasteiger partial charge in [-0.25, -0.2) is 5.43 Å². The third kappa shape index (κ3) is 4.00. The zero-order valence-corrected chi connectivity index (χ0v) is 10.4. The number of carbonyl (C=O) groups excluding carboxylic acids is 1. The summed E-state index contributed by atoms with van der Waals surface area (Å²) in [5, 5.41) is 3.97. The van der Waals surface area contributed by atoms with Gasteiger partial charge in [0, 0.05) is 12.8 Å². The summed E-state index contributed by atoms with van der Waals surface area (Å²) in [5.74, 6) is 3.12. The monoisotopic (exact) mass is 254 g/mol. The Labute approximate surface area is 112 Å². The lowest BCUT2D eigenvalue weighted by Gasteiger charge is -2.08. The van der Waals surface area contributed by atoms with Crippen LogP contribution in [0.25, 0.3) is 6.08 Å². The van der Waals surface area contributed by atoms with Gasteiger partial charge >= 0.3 is 0 Å². The molecule has 0 unspecified atom stereocenters. The quantitative estimate of drug-likeness (QED) is 0.835. The van der Waals surface area contributed by atoms with Crippen LogP contribution in [0.1, 0.15) is 18.4 Å². The van der Waals surface area contributed by atoms with E-state index in [2.05, 4.69) is 16.4 Å². The summed E-state index contributed by atoms with van der Waals surface area (Å²) in [6, 6.07) is 7.61. The number of terminal acetylenes is 1. The fraction of sp³-hybridized carbons (Fsp3) is 0.200. The third-order valence-corrected chi connectivity index (χ3v) is 2.58. The summed E-state index contributed by atoms with van der Waals surface area (Å²) < 4.78 is 5.34. The first-order valence-electron chi connectivity index (χ1n) is 5.98. The number of benzene rings is 1. The molecule has 1 heterocycles. The number of hydrogen-bond acceptors (Lipinski definition) is 3. The third-order valence-electron chi connectivity index (χ3n) is 2.58. The maximum atomic E-state index is 11.0. The lowest BCUT2D eigenvalue weighted by Crippen LogP contribution is -2.24. The van der Waals surface area contributed by atoms with Crippen LogP contribution < -0.4 is 10.2 Å². The molecule has 4 nitrogen and oxygen atoms in total. The number of hydrogen-bond donors (Lipinski definition) is 1. The molecule has 1 amide bonds. The first kappa shape index (κ1) is 12.9. The summed E-state index contributed by atoms with van der Waals surface area (Å²) in [4.78, 5) is 11.0. The molecule has 0 aromatic heterocycles. The van der Waals surface area contributed by atoms with Crippen molar-refractivity contribution in [2.75, 3.05) is 6.61 Å². The zero-order chi connectivity index (χ0) is 13.5. The van der Waals surface area contributed by atoms with E-state index in [4.69, 9.17) is 11.2 Å². The van der Waals surface area contributed by atoms with Gasteiger partial charge in [0.2, 0.25) is 5.91 Å². The Bertz CT molecular complexity index is 568. The second kappa shape index (κ2) is 6.41. The van der Waals surface area contributed by atoms with Crippen LogP contribution in [0.5, 0.6) is 5.75 Å². The van der Waals surface area contributed by atoms with Gasteiger partial charge in [-0.05, 0) is 23.8 Å². The standard InChI is InChI=1S/C15H14N2O2/c1-2-10-19-14-5-3-4-12(11-14)6-7-13-8-9-15(18)17-16-13/h1,3-7,11H,8-10H2,(H,17,18). The van der Waals surface area contributed by atoms with Crippen LogP contribution >= 0.6 is 0 Å². The van der Waals surface area contributed by atoms with Crippen molar-refractivity contribution in [3.8, 4) is 18.1 Å². The molecule has 0 bridgehead atoms. The first-order valence-corrected chi connectivity index (χ1v) is 5.98. The van der Waals surface area contributed by atoms with Crippen LogP contribution in [0, 0.1) is 12.3 Å². The molecule has 1 N–H and O–H groups in total. The molecule has 2 rings (SSSR count). The fourth-order valence-electron chi connectivity index (χ4n) is 1.63. The Morgan fingerprint density at radius 3 is 3.05 bits per heavy atom. The minimum Gasteiger partial charge on any atom is -0.481 e. The highest BCUT2D eigenvalue weighted by molar-refractivity contribution is 6.02. The Hall–Kier alpha value is -2.54. The fourth-order valence-corrected chi connectivity index (χ4v) is 1.63. The first-order chi connectivity index (χ1) is 9.28. The molecule has 0 spiro atoms. The van der Waals surface area contributed by atoms with Gasteiger partial charge in [0.05, 0.1) is 5.71 Å². The zero-order valence-electron chi connectivity index (χ0n) is 10.4. The smallest absolute Gasteiger partial charge is 0.240 e. The normalized spacial score (nSPS) is 14.7. The second-order valence-corrected chi connectivity index (χ2v) is 4.04. The van der Waals surface area contributed by atoms with Gasteiger partial charge in [-0.3, -0.25) is 4.79 Å². The number of rotatable bonds is 4. The molecular weight excluding hydrogens is 240 g/mol. The van der Waals surface area contributed by atoms with E-state index < -0.39 is 0 Å². The Balaban J connectivity index is 2.02. The largest absolute Gasteiger partial charge is 0.481 e. The van der Waals surface area contributed by atoms with Crippen molar-refractivity contribution in [1.29, 1.82) is 0 Å². The van der Waals surface area contributed by atoms with Crippen LogP contribution in [-0.4, -0.2) is 18.2 Å². The van der Waals surface area contributed by atoms with Gasteiger partial charge in [-0.15, -0.1) is 6.42 Å². The summed E-state index contributed by atoms with van der Waals surface area (Å²) >= 11 is 0. The maximum absolute atomic E-state index is 11.0. The molecule has 1 aliphatic rings. The lowest BCUT2D eigenvalue weighted by molar-refractivity contribution is -0.121. The molecule has 0 radical (unpaired) electrons. The van der Waals surface area contributed by atoms with Crippen LogP contribution in [-0.2, 0) is 4.79 Å². The van der Waals surface area contributed by atoms with Gasteiger partial charge in [-0.1, -0.05) is 24.1 Å². The highest BCUT2D eigenvalue weighted by Crippen LogP contribution is 2.14. The molecule has 0 fully saturated rings. The van der Waals surface area contributed by atoms with Crippen LogP contribution in [0.3, 0.4) is 0 Å². The molecule has 1 aromatic carbocycles. The number of nitrogens with one attached hydrogen (secondary N) is 1. The Morgan fingerprint density at radius 2 is 2.32 bits per heavy atom. The molecule has 0 aliphatic carbocycles. The molecule has 0 atom stereocenters. The molecule has 19 heavy (non-hydrogen) atoms. The molecule has 0 saturated carbocycles. The Morgan fingerprint density at radius 1 is 1.42 bits per heavy atom. The van der Waals surface area contributed by atoms with Crippen molar-refractivity contribution in [3.05, 3.63) is 35.9 Å². The van der Waals surface area contributed by atoms with Crippen molar-refractivity contribution in [2.24, 2.45) is 5.10 Å². The highest BCUT2D eigenvalue weighted by Gasteiger charge is 2.08. The maximum Gasteiger partial charge on any atom is 0.240 e. The predicted molar refractivity (Wildman–Crippen MR) is 74.6 cm³/mol. The molecule has 96 valence electrons. The van der Waals surface area contributed by atoms with Crippen molar-refractivity contribution < 1.29 is 9.53 Å². The molecule has 1 aliphatic heterocycles. The summed E-state index contributed by atoms with van der Waals surface area (Å²) in [7, 11) is 0. The number of amides is 1. The lowest BCUT2D eigenvalue weighted by atomic mass is 10.1. The molecule has 1 aromatic rings. The topological polar surface area (TPSA) is 50.7 Å². The van der Waals surface area contributed by atoms with Gasteiger partial charge < -0.3 is 4.74 Å². The van der Waals surface area contributed by atoms with E-state index in [-0.39, 0.29) is 12.5 Å². The van der Waals surface area contributed by atoms with Gasteiger partial charge in [0.15, 0.2) is 0 Å². The van der Waals surface area contributed by atoms with Crippen LogP contribution in [0.4, 0.5) is 0 Å². The average molecular weight is 254 g/mol. The average Bonchev–Trinajstić information content (AvgIpc) is 2.45. The highest BCUT2D eigenvalue weighted by atomic mass is 16.5. The summed E-state index contributed by atoms with van der Waals surface area (Å²) in [5.41, 5.74) is 4.31. The minimum absolute atomic E-state index is 0.0400. The minimum atomic E-state index is -0.0400.